The third-order valence-electron chi connectivity index (χ3n) is 3.07. The van der Waals surface area contributed by atoms with E-state index in [1.54, 1.807) is 7.11 Å². The van der Waals surface area contributed by atoms with Crippen LogP contribution in [0.15, 0.2) is 16.6 Å². The van der Waals surface area contributed by atoms with Gasteiger partial charge in [0.2, 0.25) is 0 Å². The maximum Gasteiger partial charge on any atom is 0.0885 e. The van der Waals surface area contributed by atoms with Crippen molar-refractivity contribution >= 4 is 32.5 Å². The van der Waals surface area contributed by atoms with Crippen LogP contribution in [0.5, 0.6) is 0 Å². The number of anilines is 1. The third-order valence-corrected chi connectivity index (χ3v) is 4.29. The first kappa shape index (κ1) is 13.3. The standard InChI is InChI=1S/C14H17BrN2O/c1-8-5-12-13(9(2)14(8)15)11(16-3)6-10(17-12)7-18-4/h5-6H,7H2,1-4H3,(H,16,17). The highest BCUT2D eigenvalue weighted by Crippen LogP contribution is 2.33. The SMILES string of the molecule is CNc1cc(COC)nc2cc(C)c(Br)c(C)c12. The molecule has 1 aromatic carbocycles. The van der Waals surface area contributed by atoms with Crippen LogP contribution in [0.3, 0.4) is 0 Å². The number of nitrogens with one attached hydrogen (secondary N) is 1. The fraction of sp³-hybridized carbons (Fsp3) is 0.357. The summed E-state index contributed by atoms with van der Waals surface area (Å²) in [5.74, 6) is 0. The van der Waals surface area contributed by atoms with Crippen molar-refractivity contribution in [3.05, 3.63) is 33.4 Å². The Bertz CT molecular complexity index is 596. The van der Waals surface area contributed by atoms with E-state index in [0.29, 0.717) is 6.61 Å². The van der Waals surface area contributed by atoms with Gasteiger partial charge in [0, 0.05) is 29.7 Å². The maximum absolute atomic E-state index is 5.16. The second-order valence-corrected chi connectivity index (χ2v) is 5.16. The van der Waals surface area contributed by atoms with Gasteiger partial charge in [0.15, 0.2) is 0 Å². The predicted octanol–water partition coefficient (Wildman–Crippen LogP) is 3.80. The molecule has 0 fully saturated rings. The molecule has 0 bridgehead atoms. The van der Waals surface area contributed by atoms with Crippen molar-refractivity contribution in [2.75, 3.05) is 19.5 Å². The summed E-state index contributed by atoms with van der Waals surface area (Å²) in [6.45, 7) is 4.72. The summed E-state index contributed by atoms with van der Waals surface area (Å²) in [5, 5.41) is 4.40. The number of hydrogen-bond donors (Lipinski definition) is 1. The molecule has 0 aliphatic heterocycles. The van der Waals surface area contributed by atoms with E-state index < -0.39 is 0 Å². The van der Waals surface area contributed by atoms with Crippen molar-refractivity contribution in [3.8, 4) is 0 Å². The molecule has 0 aliphatic carbocycles. The van der Waals surface area contributed by atoms with Gasteiger partial charge in [-0.3, -0.25) is 4.98 Å². The van der Waals surface area contributed by atoms with Crippen molar-refractivity contribution in [2.45, 2.75) is 20.5 Å². The Labute approximate surface area is 116 Å². The zero-order valence-corrected chi connectivity index (χ0v) is 12.7. The van der Waals surface area contributed by atoms with E-state index in [-0.39, 0.29) is 0 Å². The number of methoxy groups -OCH3 is 1. The molecule has 0 unspecified atom stereocenters. The molecule has 96 valence electrons. The van der Waals surface area contributed by atoms with Gasteiger partial charge in [-0.05, 0) is 37.1 Å². The average molecular weight is 309 g/mol. The number of ether oxygens (including phenoxy) is 1. The topological polar surface area (TPSA) is 34.1 Å². The lowest BCUT2D eigenvalue weighted by Gasteiger charge is -2.14. The van der Waals surface area contributed by atoms with Gasteiger partial charge in [-0.25, -0.2) is 0 Å². The molecule has 0 aliphatic rings. The molecule has 2 rings (SSSR count). The zero-order valence-electron chi connectivity index (χ0n) is 11.1. The molecule has 0 radical (unpaired) electrons. The monoisotopic (exact) mass is 308 g/mol. The number of pyridine rings is 1. The van der Waals surface area contributed by atoms with E-state index in [0.717, 1.165) is 26.8 Å². The lowest BCUT2D eigenvalue weighted by atomic mass is 10.0. The highest BCUT2D eigenvalue weighted by Gasteiger charge is 2.11. The number of aryl methyl sites for hydroxylation is 2. The maximum atomic E-state index is 5.16. The molecule has 0 amide bonds. The molecule has 1 heterocycles. The molecule has 1 N–H and O–H groups in total. The Hall–Kier alpha value is -1.13. The Kier molecular flexibility index (Phi) is 3.88. The second-order valence-electron chi connectivity index (χ2n) is 4.37. The van der Waals surface area contributed by atoms with E-state index in [9.17, 15) is 0 Å². The number of fused-ring (bicyclic) bond motifs is 1. The van der Waals surface area contributed by atoms with Gasteiger partial charge in [0.1, 0.15) is 0 Å². The van der Waals surface area contributed by atoms with Crippen molar-refractivity contribution < 1.29 is 4.74 Å². The minimum absolute atomic E-state index is 0.527. The average Bonchev–Trinajstić information content (AvgIpc) is 2.35. The van der Waals surface area contributed by atoms with Crippen LogP contribution in [0.2, 0.25) is 0 Å². The van der Waals surface area contributed by atoms with Crippen LogP contribution in [0.25, 0.3) is 10.9 Å². The van der Waals surface area contributed by atoms with Crippen LogP contribution in [0.4, 0.5) is 5.69 Å². The van der Waals surface area contributed by atoms with Crippen LogP contribution in [0, 0.1) is 13.8 Å². The fourth-order valence-corrected chi connectivity index (χ4v) is 2.52. The smallest absolute Gasteiger partial charge is 0.0885 e. The minimum atomic E-state index is 0.527. The van der Waals surface area contributed by atoms with Gasteiger partial charge in [-0.1, -0.05) is 15.9 Å². The summed E-state index contributed by atoms with van der Waals surface area (Å²) in [6, 6.07) is 4.15. The first-order chi connectivity index (χ1) is 8.58. The Balaban J connectivity index is 2.79. The first-order valence-electron chi connectivity index (χ1n) is 5.84. The molecule has 0 saturated heterocycles. The predicted molar refractivity (Wildman–Crippen MR) is 79.2 cm³/mol. The molecule has 1 aromatic heterocycles. The summed E-state index contributed by atoms with van der Waals surface area (Å²) in [5.41, 5.74) is 5.45. The number of benzene rings is 1. The summed E-state index contributed by atoms with van der Waals surface area (Å²) in [4.78, 5) is 4.65. The Morgan fingerprint density at radius 1 is 1.33 bits per heavy atom. The van der Waals surface area contributed by atoms with Gasteiger partial charge in [0.05, 0.1) is 17.8 Å². The third kappa shape index (κ3) is 2.22. The number of rotatable bonds is 3. The number of aromatic nitrogens is 1. The van der Waals surface area contributed by atoms with Crippen LogP contribution < -0.4 is 5.32 Å². The lowest BCUT2D eigenvalue weighted by Crippen LogP contribution is -2.00. The summed E-state index contributed by atoms with van der Waals surface area (Å²) in [7, 11) is 3.61. The van der Waals surface area contributed by atoms with Crippen molar-refractivity contribution in [1.29, 1.82) is 0 Å². The van der Waals surface area contributed by atoms with Crippen LogP contribution >= 0.6 is 15.9 Å². The zero-order chi connectivity index (χ0) is 13.3. The second kappa shape index (κ2) is 5.24. The van der Waals surface area contributed by atoms with Gasteiger partial charge < -0.3 is 10.1 Å². The largest absolute Gasteiger partial charge is 0.388 e. The summed E-state index contributed by atoms with van der Waals surface area (Å²) >= 11 is 3.63. The van der Waals surface area contributed by atoms with Crippen molar-refractivity contribution in [1.82, 2.24) is 4.98 Å². The van der Waals surface area contributed by atoms with Crippen LogP contribution in [-0.4, -0.2) is 19.1 Å². The van der Waals surface area contributed by atoms with Crippen LogP contribution in [0.1, 0.15) is 16.8 Å². The van der Waals surface area contributed by atoms with E-state index in [4.69, 9.17) is 4.74 Å². The van der Waals surface area contributed by atoms with Crippen molar-refractivity contribution in [2.24, 2.45) is 0 Å². The fourth-order valence-electron chi connectivity index (χ4n) is 2.21. The summed E-state index contributed by atoms with van der Waals surface area (Å²) in [6.07, 6.45) is 0. The molecule has 0 spiro atoms. The Morgan fingerprint density at radius 2 is 2.06 bits per heavy atom. The van der Waals surface area contributed by atoms with Crippen LogP contribution in [-0.2, 0) is 11.3 Å². The number of halogens is 1. The molecule has 2 aromatic rings. The van der Waals surface area contributed by atoms with Gasteiger partial charge in [0.25, 0.3) is 0 Å². The van der Waals surface area contributed by atoms with E-state index in [2.05, 4.69) is 46.1 Å². The van der Waals surface area contributed by atoms with Crippen molar-refractivity contribution in [3.63, 3.8) is 0 Å². The van der Waals surface area contributed by atoms with E-state index in [1.807, 2.05) is 13.1 Å². The molecular weight excluding hydrogens is 292 g/mol. The van der Waals surface area contributed by atoms with Gasteiger partial charge in [-0.2, -0.15) is 0 Å². The van der Waals surface area contributed by atoms with E-state index >= 15 is 0 Å². The van der Waals surface area contributed by atoms with Gasteiger partial charge >= 0.3 is 0 Å². The molecule has 4 heteroatoms. The number of hydrogen-bond acceptors (Lipinski definition) is 3. The minimum Gasteiger partial charge on any atom is -0.388 e. The normalized spacial score (nSPS) is 10.9. The molecular formula is C14H17BrN2O. The molecule has 3 nitrogen and oxygen atoms in total. The van der Waals surface area contributed by atoms with Gasteiger partial charge in [-0.15, -0.1) is 0 Å². The molecule has 0 saturated carbocycles. The summed E-state index contributed by atoms with van der Waals surface area (Å²) < 4.78 is 6.31. The Morgan fingerprint density at radius 3 is 2.67 bits per heavy atom. The number of nitrogens with zero attached hydrogens (tertiary/aromatic N) is 1. The quantitative estimate of drug-likeness (QED) is 0.936. The molecule has 18 heavy (non-hydrogen) atoms. The highest BCUT2D eigenvalue weighted by molar-refractivity contribution is 9.10. The van der Waals surface area contributed by atoms with E-state index in [1.165, 1.54) is 11.1 Å². The first-order valence-corrected chi connectivity index (χ1v) is 6.63. The lowest BCUT2D eigenvalue weighted by molar-refractivity contribution is 0.182. The highest BCUT2D eigenvalue weighted by atomic mass is 79.9. The molecule has 0 atom stereocenters.